The lowest BCUT2D eigenvalue weighted by atomic mass is 9.85. The Balaban J connectivity index is 0.00000173. The number of H-pyrrole nitrogens is 1. The molecule has 0 spiro atoms. The molecule has 1 unspecified atom stereocenters. The Bertz CT molecular complexity index is 1540. The number of alkyl halides is 1. The van der Waals surface area contributed by atoms with Gasteiger partial charge in [-0.2, -0.15) is 4.31 Å². The van der Waals surface area contributed by atoms with Crippen LogP contribution in [0.25, 0.3) is 11.0 Å². The Hall–Kier alpha value is -3.56. The van der Waals surface area contributed by atoms with Gasteiger partial charge in [0.2, 0.25) is 28.2 Å². The maximum atomic E-state index is 13.9. The van der Waals surface area contributed by atoms with Crippen LogP contribution in [0, 0.1) is 23.7 Å². The molecule has 46 heavy (non-hydrogen) atoms. The van der Waals surface area contributed by atoms with Crippen LogP contribution >= 0.6 is 11.6 Å². The number of nitrogens with one attached hydrogen (secondary N) is 4. The number of aromatic nitrogens is 2. The minimum atomic E-state index is -4.03. The van der Waals surface area contributed by atoms with E-state index in [1.54, 1.807) is 19.1 Å². The minimum absolute atomic E-state index is 0.0386. The molecule has 0 saturated heterocycles. The molecule has 0 aliphatic carbocycles. The molecule has 3 aromatic rings. The summed E-state index contributed by atoms with van der Waals surface area (Å²) in [5, 5.41) is 30.1. The molecule has 13 nitrogen and oxygen atoms in total. The molecule has 1 heterocycles. The number of imidazole rings is 1. The topological polar surface area (TPSA) is 198 Å². The van der Waals surface area contributed by atoms with Gasteiger partial charge in [-0.3, -0.25) is 15.0 Å². The van der Waals surface area contributed by atoms with E-state index in [1.165, 1.54) is 10.4 Å². The lowest BCUT2D eigenvalue weighted by molar-refractivity contribution is -0.148. The molecule has 2 amide bonds. The van der Waals surface area contributed by atoms with E-state index < -0.39 is 45.4 Å². The Morgan fingerprint density at radius 2 is 1.76 bits per heavy atom. The summed E-state index contributed by atoms with van der Waals surface area (Å²) < 4.78 is 29.0. The minimum Gasteiger partial charge on any atom is -0.390 e. The molecule has 15 heteroatoms. The van der Waals surface area contributed by atoms with E-state index in [9.17, 15) is 23.1 Å². The van der Waals surface area contributed by atoms with Gasteiger partial charge in [0.25, 0.3) is 0 Å². The van der Waals surface area contributed by atoms with Gasteiger partial charge in [-0.25, -0.2) is 18.7 Å². The fraction of sp³-hybridized carbons (Fsp3) is 0.484. The summed E-state index contributed by atoms with van der Waals surface area (Å²) in [6.07, 6.45) is -0.603. The van der Waals surface area contributed by atoms with E-state index >= 15 is 0 Å². The third kappa shape index (κ3) is 11.4. The third-order valence-corrected chi connectivity index (χ3v) is 8.94. The summed E-state index contributed by atoms with van der Waals surface area (Å²) in [5.74, 6) is -0.667. The average Bonchev–Trinajstić information content (AvgIpc) is 3.38. The Kier molecular flexibility index (Phi) is 14.6. The molecule has 3 atom stereocenters. The van der Waals surface area contributed by atoms with Crippen molar-refractivity contribution >= 4 is 50.9 Å². The molecule has 254 valence electrons. The zero-order chi connectivity index (χ0) is 34.7. The number of aliphatic hydroxyl groups is 1. The number of hydrogen-bond donors (Lipinski definition) is 6. The first-order chi connectivity index (χ1) is 21.5. The van der Waals surface area contributed by atoms with Crippen LogP contribution in [-0.2, 0) is 30.9 Å². The molecule has 0 aliphatic heterocycles. The number of carbonyl (C=O) groups is 2. The fourth-order valence-electron chi connectivity index (χ4n) is 4.73. The van der Waals surface area contributed by atoms with Crippen molar-refractivity contribution in [1.29, 1.82) is 5.41 Å². The number of carbonyl (C=O) groups excluding carboxylic acids is 2. The number of benzene rings is 2. The fourth-order valence-corrected chi connectivity index (χ4v) is 6.46. The Morgan fingerprint density at radius 3 is 2.30 bits per heavy atom. The number of halogens is 1. The van der Waals surface area contributed by atoms with E-state index in [0.717, 1.165) is 5.56 Å². The van der Waals surface area contributed by atoms with Gasteiger partial charge >= 0.3 is 0 Å². The van der Waals surface area contributed by atoms with Crippen molar-refractivity contribution < 1.29 is 33.3 Å². The van der Waals surface area contributed by atoms with E-state index in [2.05, 4.69) is 25.5 Å². The number of nitrogens with zero attached hydrogens (tertiary/aromatic N) is 2. The highest BCUT2D eigenvalue weighted by molar-refractivity contribution is 7.89. The van der Waals surface area contributed by atoms with E-state index in [4.69, 9.17) is 22.3 Å². The summed E-state index contributed by atoms with van der Waals surface area (Å²) in [4.78, 5) is 36.2. The highest BCUT2D eigenvalue weighted by Gasteiger charge is 2.36. The molecular formula is C31H45ClN6O7S. The van der Waals surface area contributed by atoms with Crippen molar-refractivity contribution in [3.63, 3.8) is 0 Å². The second-order valence-electron chi connectivity index (χ2n) is 12.3. The first-order valence-electron chi connectivity index (χ1n) is 14.7. The Morgan fingerprint density at radius 1 is 1.13 bits per heavy atom. The maximum Gasteiger partial charge on any atom is 0.243 e. The number of rotatable bonds is 14. The molecule has 0 saturated carbocycles. The van der Waals surface area contributed by atoms with Crippen LogP contribution in [0.2, 0.25) is 0 Å². The number of aliphatic hydroxyl groups excluding tert-OH is 1. The van der Waals surface area contributed by atoms with Crippen molar-refractivity contribution in [2.45, 2.75) is 71.0 Å². The van der Waals surface area contributed by atoms with Crippen molar-refractivity contribution in [1.82, 2.24) is 24.9 Å². The molecule has 0 bridgehead atoms. The summed E-state index contributed by atoms with van der Waals surface area (Å²) in [6, 6.07) is 12.2. The van der Waals surface area contributed by atoms with E-state index in [-0.39, 0.29) is 36.2 Å². The van der Waals surface area contributed by atoms with Gasteiger partial charge in [-0.05, 0) is 48.4 Å². The summed E-state index contributed by atoms with van der Waals surface area (Å²) >= 11 is 5.69. The van der Waals surface area contributed by atoms with Gasteiger partial charge in [0.05, 0.1) is 28.1 Å². The van der Waals surface area contributed by atoms with E-state index in [0.29, 0.717) is 23.3 Å². The van der Waals surface area contributed by atoms with E-state index in [1.807, 2.05) is 65.0 Å². The number of hydrogen-bond acceptors (Lipinski definition) is 9. The van der Waals surface area contributed by atoms with Gasteiger partial charge in [-0.1, -0.05) is 65.0 Å². The monoisotopic (exact) mass is 680 g/mol. The van der Waals surface area contributed by atoms with Crippen molar-refractivity contribution in [3.8, 4) is 0 Å². The van der Waals surface area contributed by atoms with Crippen LogP contribution < -0.4 is 10.6 Å². The van der Waals surface area contributed by atoms with Crippen LogP contribution in [0.4, 0.5) is 0 Å². The quantitative estimate of drug-likeness (QED) is 0.0489. The molecular weight excluding hydrogens is 636 g/mol. The summed E-state index contributed by atoms with van der Waals surface area (Å²) in [7, 11) is -4.03. The maximum absolute atomic E-state index is 13.9. The van der Waals surface area contributed by atoms with Crippen molar-refractivity contribution in [2.75, 3.05) is 19.0 Å². The zero-order valence-electron chi connectivity index (χ0n) is 27.0. The van der Waals surface area contributed by atoms with Crippen LogP contribution in [0.5, 0.6) is 0 Å². The van der Waals surface area contributed by atoms with Crippen molar-refractivity contribution in [2.24, 2.45) is 11.3 Å². The standard InChI is InChI=1S/C30H42ClN5O5S.CH3NO2/c1-19(2)17-36(42(40,41)22-12-13-23-24(15-22)33-20(3)32-23)18-26(37)25(14-21-10-8-7-9-11-21)34-29(39)28(30(4,5)6)35-27(38)16-31;2-1-4-3/h7-13,15,19,25-26,28,37H,14,16-18H2,1-6H3,(H,32,33)(H,34,39)(H,35,38);1-3H/t25-,26?,28+;/m0./s1. The molecule has 2 aromatic carbocycles. The smallest absolute Gasteiger partial charge is 0.243 e. The van der Waals surface area contributed by atoms with Crippen LogP contribution in [0.15, 0.2) is 53.4 Å². The number of aromatic amines is 1. The average molecular weight is 681 g/mol. The van der Waals surface area contributed by atoms with Crippen molar-refractivity contribution in [3.05, 3.63) is 59.9 Å². The first-order valence-corrected chi connectivity index (χ1v) is 16.6. The van der Waals surface area contributed by atoms with Crippen LogP contribution in [0.3, 0.4) is 0 Å². The first kappa shape index (κ1) is 38.6. The highest BCUT2D eigenvalue weighted by atomic mass is 35.5. The third-order valence-electron chi connectivity index (χ3n) is 6.87. The summed E-state index contributed by atoms with van der Waals surface area (Å²) in [5.41, 5.74) is 1.43. The molecule has 0 radical (unpaired) electrons. The van der Waals surface area contributed by atoms with Gasteiger partial charge in [-0.15, -0.1) is 11.6 Å². The predicted molar refractivity (Wildman–Crippen MR) is 177 cm³/mol. The molecule has 0 aliphatic rings. The lowest BCUT2D eigenvalue weighted by Gasteiger charge is -2.34. The number of aryl methyl sites for hydroxylation is 1. The van der Waals surface area contributed by atoms with Crippen LogP contribution in [0.1, 0.15) is 46.0 Å². The number of fused-ring (bicyclic) bond motifs is 1. The Labute approximate surface area is 275 Å². The van der Waals surface area contributed by atoms with Gasteiger partial charge in [0, 0.05) is 13.1 Å². The highest BCUT2D eigenvalue weighted by Crippen LogP contribution is 2.24. The lowest BCUT2D eigenvalue weighted by Crippen LogP contribution is -2.59. The van der Waals surface area contributed by atoms with Gasteiger partial charge in [0.15, 0.2) is 0 Å². The molecule has 3 rings (SSSR count). The second-order valence-corrected chi connectivity index (χ2v) is 14.5. The molecule has 6 N–H and O–H groups in total. The number of sulfonamides is 1. The van der Waals surface area contributed by atoms with Gasteiger partial charge in [0.1, 0.15) is 17.7 Å². The SMILES string of the molecule is Cc1nc2ccc(S(=O)(=O)N(CC(C)C)CC(O)[C@H](Cc3ccccc3)NC(=O)[C@@H](NC(=O)CCl)C(C)(C)C)cc2[nH]1.N=COO. The van der Waals surface area contributed by atoms with Gasteiger partial charge < -0.3 is 25.6 Å². The van der Waals surface area contributed by atoms with Crippen LogP contribution in [-0.4, -0.2) is 88.4 Å². The number of amides is 2. The zero-order valence-corrected chi connectivity index (χ0v) is 28.5. The molecule has 0 fully saturated rings. The summed E-state index contributed by atoms with van der Waals surface area (Å²) in [6.45, 7) is 10.9. The second kappa shape index (κ2) is 17.4. The normalized spacial score (nSPS) is 13.8. The largest absolute Gasteiger partial charge is 0.390 e. The predicted octanol–water partition coefficient (Wildman–Crippen LogP) is 3.46. The molecule has 1 aromatic heterocycles.